The first-order valence-electron chi connectivity index (χ1n) is 11.1. The van der Waals surface area contributed by atoms with Gasteiger partial charge in [0.25, 0.3) is 0 Å². The molecule has 4 nitrogen and oxygen atoms in total. The highest BCUT2D eigenvalue weighted by Gasteiger charge is 2.34. The second-order valence-electron chi connectivity index (χ2n) is 8.58. The average molecular weight is 434 g/mol. The van der Waals surface area contributed by atoms with Crippen LogP contribution in [-0.2, 0) is 17.9 Å². The van der Waals surface area contributed by atoms with Gasteiger partial charge in [-0.15, -0.1) is 11.3 Å². The number of amides is 1. The van der Waals surface area contributed by atoms with Crippen LogP contribution in [0.4, 0.5) is 0 Å². The summed E-state index contributed by atoms with van der Waals surface area (Å²) in [5.74, 6) is 0.360. The largest absolute Gasteiger partial charge is 0.338 e. The third-order valence-corrected chi connectivity index (χ3v) is 7.13. The molecule has 31 heavy (non-hydrogen) atoms. The molecule has 3 aromatic rings. The number of hydrogen-bond acceptors (Lipinski definition) is 4. The molecule has 4 rings (SSSR count). The molecule has 0 saturated carbocycles. The molecule has 0 radical (unpaired) electrons. The van der Waals surface area contributed by atoms with Crippen molar-refractivity contribution in [2.24, 2.45) is 5.92 Å². The molecule has 0 saturated heterocycles. The second-order valence-corrected chi connectivity index (χ2v) is 9.64. The van der Waals surface area contributed by atoms with Crippen LogP contribution < -0.4 is 0 Å². The van der Waals surface area contributed by atoms with Crippen LogP contribution in [0.25, 0.3) is 10.2 Å². The maximum atomic E-state index is 13.6. The lowest BCUT2D eigenvalue weighted by molar-refractivity contribution is -0.136. The summed E-state index contributed by atoms with van der Waals surface area (Å²) in [5.41, 5.74) is 3.51. The average Bonchev–Trinajstić information content (AvgIpc) is 3.22. The van der Waals surface area contributed by atoms with E-state index in [1.165, 1.54) is 15.8 Å². The number of carbonyl (C=O) groups is 1. The van der Waals surface area contributed by atoms with Crippen LogP contribution in [0.15, 0.2) is 60.7 Å². The highest BCUT2D eigenvalue weighted by molar-refractivity contribution is 7.18. The summed E-state index contributed by atoms with van der Waals surface area (Å²) in [5, 5.41) is 1.09. The van der Waals surface area contributed by atoms with Gasteiger partial charge in [0.1, 0.15) is 0 Å². The van der Waals surface area contributed by atoms with E-state index in [0.717, 1.165) is 29.9 Å². The molecular weight excluding hydrogens is 402 g/mol. The van der Waals surface area contributed by atoms with Gasteiger partial charge in [-0.05, 0) is 57.1 Å². The Kier molecular flexibility index (Phi) is 6.83. The molecule has 1 amide bonds. The summed E-state index contributed by atoms with van der Waals surface area (Å²) in [6.45, 7) is 4.37. The first-order valence-corrected chi connectivity index (χ1v) is 11.9. The Hall–Kier alpha value is -2.50. The van der Waals surface area contributed by atoms with Gasteiger partial charge < -0.3 is 9.80 Å². The summed E-state index contributed by atoms with van der Waals surface area (Å²) in [7, 11) is 4.15. The number of hydrogen-bond donors (Lipinski definition) is 0. The standard InChI is InChI=1S/C26H31N3OS/c1-4-29(18-20-15-13-19(14-16-20)17-28(2)3)26(30)22-10-6-5-9-21(22)25-27-23-11-7-8-12-24(23)31-25/h5-8,11-16,21-22H,4,9-10,17-18H2,1-3H3. The van der Waals surface area contributed by atoms with E-state index in [9.17, 15) is 4.79 Å². The van der Waals surface area contributed by atoms with Crippen molar-refractivity contribution in [3.05, 3.63) is 76.8 Å². The molecule has 0 fully saturated rings. The van der Waals surface area contributed by atoms with Gasteiger partial charge in [0.15, 0.2) is 0 Å². The van der Waals surface area contributed by atoms with Crippen molar-refractivity contribution in [2.75, 3.05) is 20.6 Å². The van der Waals surface area contributed by atoms with Crippen LogP contribution in [0.5, 0.6) is 0 Å². The Morgan fingerprint density at radius 3 is 2.35 bits per heavy atom. The number of rotatable bonds is 7. The zero-order valence-electron chi connectivity index (χ0n) is 18.6. The monoisotopic (exact) mass is 433 g/mol. The van der Waals surface area contributed by atoms with E-state index in [1.54, 1.807) is 11.3 Å². The van der Waals surface area contributed by atoms with E-state index < -0.39 is 0 Å². The summed E-state index contributed by atoms with van der Waals surface area (Å²) in [6.07, 6.45) is 6.04. The van der Waals surface area contributed by atoms with Gasteiger partial charge in [0.2, 0.25) is 5.91 Å². The highest BCUT2D eigenvalue weighted by atomic mass is 32.1. The van der Waals surface area contributed by atoms with Gasteiger partial charge in [-0.2, -0.15) is 0 Å². The van der Waals surface area contributed by atoms with Crippen LogP contribution in [0.1, 0.15) is 41.8 Å². The van der Waals surface area contributed by atoms with Crippen molar-refractivity contribution in [3.8, 4) is 0 Å². The van der Waals surface area contributed by atoms with Gasteiger partial charge >= 0.3 is 0 Å². The number of aromatic nitrogens is 1. The highest BCUT2D eigenvalue weighted by Crippen LogP contribution is 2.39. The molecule has 1 aliphatic carbocycles. The van der Waals surface area contributed by atoms with Crippen LogP contribution in [-0.4, -0.2) is 41.3 Å². The van der Waals surface area contributed by atoms with E-state index >= 15 is 0 Å². The lowest BCUT2D eigenvalue weighted by Crippen LogP contribution is -2.38. The van der Waals surface area contributed by atoms with Crippen LogP contribution in [0, 0.1) is 5.92 Å². The van der Waals surface area contributed by atoms with Gasteiger partial charge in [0, 0.05) is 25.6 Å². The van der Waals surface area contributed by atoms with Crippen molar-refractivity contribution in [1.29, 1.82) is 0 Å². The van der Waals surface area contributed by atoms with E-state index in [4.69, 9.17) is 4.98 Å². The maximum Gasteiger partial charge on any atom is 0.227 e. The minimum Gasteiger partial charge on any atom is -0.338 e. The predicted octanol–water partition coefficient (Wildman–Crippen LogP) is 5.46. The Balaban J connectivity index is 1.51. The zero-order valence-corrected chi connectivity index (χ0v) is 19.4. The molecule has 0 spiro atoms. The molecule has 1 heterocycles. The zero-order chi connectivity index (χ0) is 21.8. The van der Waals surface area contributed by atoms with Crippen LogP contribution >= 0.6 is 11.3 Å². The van der Waals surface area contributed by atoms with E-state index in [2.05, 4.69) is 80.5 Å². The van der Waals surface area contributed by atoms with E-state index in [0.29, 0.717) is 13.1 Å². The van der Waals surface area contributed by atoms with Crippen molar-refractivity contribution in [2.45, 2.75) is 38.8 Å². The number of nitrogens with zero attached hydrogens (tertiary/aromatic N) is 3. The minimum absolute atomic E-state index is 0.0430. The van der Waals surface area contributed by atoms with Crippen molar-refractivity contribution >= 4 is 27.5 Å². The summed E-state index contributed by atoms with van der Waals surface area (Å²) in [4.78, 5) is 22.7. The molecule has 1 aromatic heterocycles. The molecule has 2 aromatic carbocycles. The first-order chi connectivity index (χ1) is 15.0. The molecule has 0 aliphatic heterocycles. The minimum atomic E-state index is -0.0430. The fourth-order valence-corrected chi connectivity index (χ4v) is 5.47. The molecule has 1 aliphatic rings. The van der Waals surface area contributed by atoms with Crippen molar-refractivity contribution in [3.63, 3.8) is 0 Å². The van der Waals surface area contributed by atoms with Gasteiger partial charge in [-0.3, -0.25) is 4.79 Å². The lowest BCUT2D eigenvalue weighted by Gasteiger charge is -2.31. The summed E-state index contributed by atoms with van der Waals surface area (Å²) >= 11 is 1.73. The maximum absolute atomic E-state index is 13.6. The van der Waals surface area contributed by atoms with Crippen molar-refractivity contribution in [1.82, 2.24) is 14.8 Å². The quantitative estimate of drug-likeness (QED) is 0.465. The van der Waals surface area contributed by atoms with Gasteiger partial charge in [-0.1, -0.05) is 48.6 Å². The Labute approximate surface area is 189 Å². The summed E-state index contributed by atoms with van der Waals surface area (Å²) in [6, 6.07) is 16.9. The molecular formula is C26H31N3OS. The van der Waals surface area contributed by atoms with Gasteiger partial charge in [-0.25, -0.2) is 4.98 Å². The topological polar surface area (TPSA) is 36.4 Å². The van der Waals surface area contributed by atoms with Gasteiger partial charge in [0.05, 0.1) is 21.1 Å². The number of fused-ring (bicyclic) bond motifs is 1. The van der Waals surface area contributed by atoms with Crippen LogP contribution in [0.2, 0.25) is 0 Å². The smallest absolute Gasteiger partial charge is 0.227 e. The third-order valence-electron chi connectivity index (χ3n) is 5.97. The number of thiazole rings is 1. The molecule has 2 atom stereocenters. The predicted molar refractivity (Wildman–Crippen MR) is 129 cm³/mol. The fraction of sp³-hybridized carbons (Fsp3) is 0.385. The SMILES string of the molecule is CCN(Cc1ccc(CN(C)C)cc1)C(=O)C1CC=CCC1c1nc2ccccc2s1. The fourth-order valence-electron chi connectivity index (χ4n) is 4.32. The number of para-hydroxylation sites is 1. The molecule has 0 bridgehead atoms. The Morgan fingerprint density at radius 2 is 1.68 bits per heavy atom. The summed E-state index contributed by atoms with van der Waals surface area (Å²) < 4.78 is 1.20. The molecule has 2 unspecified atom stereocenters. The second kappa shape index (κ2) is 9.75. The Bertz CT molecular complexity index is 1020. The lowest BCUT2D eigenvalue weighted by atomic mass is 9.82. The Morgan fingerprint density at radius 1 is 1.00 bits per heavy atom. The molecule has 0 N–H and O–H groups in total. The number of benzene rings is 2. The first kappa shape index (κ1) is 21.7. The third kappa shape index (κ3) is 5.05. The van der Waals surface area contributed by atoms with Crippen LogP contribution in [0.3, 0.4) is 0 Å². The number of carbonyl (C=O) groups excluding carboxylic acids is 1. The van der Waals surface area contributed by atoms with E-state index in [1.807, 2.05) is 11.0 Å². The molecule has 5 heteroatoms. The van der Waals surface area contributed by atoms with E-state index in [-0.39, 0.29) is 17.7 Å². The molecule has 162 valence electrons. The number of allylic oxidation sites excluding steroid dienone is 2. The van der Waals surface area contributed by atoms with Crippen molar-refractivity contribution < 1.29 is 4.79 Å². The normalized spacial score (nSPS) is 18.6.